The summed E-state index contributed by atoms with van der Waals surface area (Å²) in [5, 5.41) is 12.8. The zero-order chi connectivity index (χ0) is 23.2. The minimum absolute atomic E-state index is 0.157. The minimum atomic E-state index is -0.395. The first-order valence-corrected chi connectivity index (χ1v) is 12.6. The van der Waals surface area contributed by atoms with E-state index in [1.54, 1.807) is 6.08 Å². The van der Waals surface area contributed by atoms with Gasteiger partial charge in [0.25, 0.3) is 0 Å². The summed E-state index contributed by atoms with van der Waals surface area (Å²) in [6, 6.07) is 10.1. The fourth-order valence-corrected chi connectivity index (χ4v) is 5.97. The molecule has 172 valence electrons. The lowest BCUT2D eigenvalue weighted by molar-refractivity contribution is -0.113. The van der Waals surface area contributed by atoms with E-state index in [4.69, 9.17) is 4.74 Å². The lowest BCUT2D eigenvalue weighted by Crippen LogP contribution is -2.17. The molecule has 2 heterocycles. The highest BCUT2D eigenvalue weighted by Crippen LogP contribution is 2.38. The summed E-state index contributed by atoms with van der Waals surface area (Å²) in [6.45, 7) is 4.39. The average molecular weight is 483 g/mol. The predicted octanol–water partition coefficient (Wildman–Crippen LogP) is 4.51. The van der Waals surface area contributed by atoms with Crippen molar-refractivity contribution in [3.63, 3.8) is 0 Å². The molecule has 0 aliphatic heterocycles. The van der Waals surface area contributed by atoms with Crippen LogP contribution in [0.15, 0.2) is 48.1 Å². The highest BCUT2D eigenvalue weighted by molar-refractivity contribution is 7.99. The van der Waals surface area contributed by atoms with Gasteiger partial charge in [-0.2, -0.15) is 0 Å². The zero-order valence-corrected chi connectivity index (χ0v) is 20.1. The number of esters is 1. The number of nitrogens with zero attached hydrogens (tertiary/aromatic N) is 3. The molecule has 1 aromatic carbocycles. The first-order valence-electron chi connectivity index (χ1n) is 10.8. The van der Waals surface area contributed by atoms with E-state index in [9.17, 15) is 9.59 Å². The largest absolute Gasteiger partial charge is 0.465 e. The van der Waals surface area contributed by atoms with E-state index < -0.39 is 5.97 Å². The lowest BCUT2D eigenvalue weighted by Gasteiger charge is -2.11. The van der Waals surface area contributed by atoms with Crippen molar-refractivity contribution in [3.8, 4) is 0 Å². The molecule has 2 aromatic heterocycles. The van der Waals surface area contributed by atoms with E-state index >= 15 is 0 Å². The van der Waals surface area contributed by atoms with Gasteiger partial charge in [0, 0.05) is 17.8 Å². The molecule has 0 saturated heterocycles. The maximum Gasteiger partial charge on any atom is 0.341 e. The number of thiophene rings is 1. The van der Waals surface area contributed by atoms with Crippen LogP contribution in [0, 0.1) is 0 Å². The Kier molecular flexibility index (Phi) is 7.61. The van der Waals surface area contributed by atoms with Gasteiger partial charge in [0.1, 0.15) is 10.8 Å². The second kappa shape index (κ2) is 10.8. The van der Waals surface area contributed by atoms with Crippen molar-refractivity contribution in [3.05, 3.63) is 70.4 Å². The van der Waals surface area contributed by atoms with Gasteiger partial charge in [0.05, 0.1) is 18.4 Å². The number of fused-ring (bicyclic) bond motifs is 1. The number of nitrogens with one attached hydrogen (secondary N) is 1. The van der Waals surface area contributed by atoms with Crippen LogP contribution in [0.4, 0.5) is 5.00 Å². The highest BCUT2D eigenvalue weighted by Gasteiger charge is 2.27. The second-order valence-corrected chi connectivity index (χ2v) is 9.75. The summed E-state index contributed by atoms with van der Waals surface area (Å²) >= 11 is 2.80. The zero-order valence-electron chi connectivity index (χ0n) is 18.5. The monoisotopic (exact) mass is 482 g/mol. The van der Waals surface area contributed by atoms with Crippen molar-refractivity contribution in [2.24, 2.45) is 0 Å². The van der Waals surface area contributed by atoms with Crippen LogP contribution in [0.1, 0.15) is 45.0 Å². The van der Waals surface area contributed by atoms with Crippen LogP contribution in [0.2, 0.25) is 0 Å². The van der Waals surface area contributed by atoms with Crippen molar-refractivity contribution in [1.82, 2.24) is 14.8 Å². The third-order valence-electron chi connectivity index (χ3n) is 5.46. The number of aromatic nitrogens is 3. The molecule has 1 aliphatic carbocycles. The Labute approximate surface area is 201 Å². The number of allylic oxidation sites excluding steroid dienone is 1. The summed E-state index contributed by atoms with van der Waals surface area (Å²) in [5.41, 5.74) is 2.68. The maximum absolute atomic E-state index is 12.8. The predicted molar refractivity (Wildman–Crippen MR) is 131 cm³/mol. The number of aryl methyl sites for hydroxylation is 1. The number of rotatable bonds is 9. The van der Waals surface area contributed by atoms with Gasteiger partial charge in [-0.1, -0.05) is 48.2 Å². The van der Waals surface area contributed by atoms with Crippen LogP contribution in [-0.4, -0.2) is 39.5 Å². The highest BCUT2D eigenvalue weighted by atomic mass is 32.2. The van der Waals surface area contributed by atoms with Gasteiger partial charge in [-0.05, 0) is 36.8 Å². The smallest absolute Gasteiger partial charge is 0.341 e. The van der Waals surface area contributed by atoms with Crippen LogP contribution in [0.25, 0.3) is 0 Å². The van der Waals surface area contributed by atoms with Crippen molar-refractivity contribution >= 4 is 40.0 Å². The molecule has 4 rings (SSSR count). The molecule has 33 heavy (non-hydrogen) atoms. The van der Waals surface area contributed by atoms with Gasteiger partial charge in [0.15, 0.2) is 5.16 Å². The van der Waals surface area contributed by atoms with Gasteiger partial charge in [-0.15, -0.1) is 28.1 Å². The summed E-state index contributed by atoms with van der Waals surface area (Å²) in [4.78, 5) is 26.3. The van der Waals surface area contributed by atoms with Crippen LogP contribution < -0.4 is 5.32 Å². The third kappa shape index (κ3) is 5.36. The molecule has 7 nitrogen and oxygen atoms in total. The van der Waals surface area contributed by atoms with Gasteiger partial charge in [0.2, 0.25) is 5.91 Å². The fourth-order valence-electron chi connectivity index (χ4n) is 3.91. The Morgan fingerprint density at radius 1 is 1.24 bits per heavy atom. The van der Waals surface area contributed by atoms with E-state index in [0.29, 0.717) is 28.7 Å². The van der Waals surface area contributed by atoms with E-state index in [0.717, 1.165) is 42.6 Å². The van der Waals surface area contributed by atoms with Gasteiger partial charge in [-0.3, -0.25) is 4.79 Å². The molecule has 0 unspecified atom stereocenters. The second-order valence-electron chi connectivity index (χ2n) is 7.70. The van der Waals surface area contributed by atoms with Gasteiger partial charge >= 0.3 is 5.97 Å². The summed E-state index contributed by atoms with van der Waals surface area (Å²) in [6.07, 6.45) is 6.36. The van der Waals surface area contributed by atoms with Crippen molar-refractivity contribution in [2.45, 2.75) is 43.8 Å². The Hall–Kier alpha value is -2.91. The van der Waals surface area contributed by atoms with E-state index in [1.165, 1.54) is 35.1 Å². The molecule has 0 fully saturated rings. The molecule has 1 aliphatic rings. The Bertz CT molecular complexity index is 1150. The molecule has 0 bridgehead atoms. The first kappa shape index (κ1) is 23.3. The van der Waals surface area contributed by atoms with Crippen molar-refractivity contribution in [1.29, 1.82) is 0 Å². The number of ether oxygens (including phenoxy) is 1. The fraction of sp³-hybridized carbons (Fsp3) is 0.333. The number of benzene rings is 1. The quantitative estimate of drug-likeness (QED) is 0.274. The average Bonchev–Trinajstić information content (AvgIpc) is 3.38. The molecular weight excluding hydrogens is 456 g/mol. The van der Waals surface area contributed by atoms with Gasteiger partial charge < -0.3 is 14.6 Å². The number of hydrogen-bond acceptors (Lipinski definition) is 7. The molecule has 0 spiro atoms. The van der Waals surface area contributed by atoms with Gasteiger partial charge in [-0.25, -0.2) is 4.79 Å². The van der Waals surface area contributed by atoms with E-state index in [2.05, 4.69) is 22.1 Å². The summed E-state index contributed by atoms with van der Waals surface area (Å²) < 4.78 is 6.96. The standard InChI is InChI=1S/C24H26N4O3S2/c1-3-13-28-19(14-16-9-5-4-6-10-16)26-27-24(28)32-15-20(29)25-22-21(23(30)31-2)17-11-7-8-12-18(17)33-22/h3-6,9-10H,1,7-8,11-15H2,2H3,(H,25,29). The molecule has 0 saturated carbocycles. The number of carbonyl (C=O) groups is 2. The topological polar surface area (TPSA) is 86.1 Å². The Balaban J connectivity index is 1.46. The van der Waals surface area contributed by atoms with E-state index in [-0.39, 0.29) is 11.7 Å². The summed E-state index contributed by atoms with van der Waals surface area (Å²) in [5.74, 6) is 0.391. The number of amides is 1. The SMILES string of the molecule is C=CCn1c(Cc2ccccc2)nnc1SCC(=O)Nc1sc2c(c1C(=O)OC)CCCC2. The molecule has 1 amide bonds. The Morgan fingerprint density at radius 2 is 2.03 bits per heavy atom. The first-order chi connectivity index (χ1) is 16.1. The maximum atomic E-state index is 12.8. The third-order valence-corrected chi connectivity index (χ3v) is 7.63. The lowest BCUT2D eigenvalue weighted by atomic mass is 9.95. The number of thioether (sulfide) groups is 1. The summed E-state index contributed by atoms with van der Waals surface area (Å²) in [7, 11) is 1.37. The molecule has 1 N–H and O–H groups in total. The van der Waals surface area contributed by atoms with Crippen LogP contribution >= 0.6 is 23.1 Å². The molecule has 0 radical (unpaired) electrons. The van der Waals surface area contributed by atoms with E-state index in [1.807, 2.05) is 34.9 Å². The molecule has 3 aromatic rings. The number of carbonyl (C=O) groups excluding carboxylic acids is 2. The molecular formula is C24H26N4O3S2. The normalized spacial score (nSPS) is 12.8. The minimum Gasteiger partial charge on any atom is -0.465 e. The number of methoxy groups -OCH3 is 1. The van der Waals surface area contributed by atoms with Crippen LogP contribution in [0.3, 0.4) is 0 Å². The molecule has 9 heteroatoms. The number of hydrogen-bond donors (Lipinski definition) is 1. The van der Waals surface area contributed by atoms with Crippen molar-refractivity contribution in [2.75, 3.05) is 18.2 Å². The van der Waals surface area contributed by atoms with Crippen LogP contribution in [-0.2, 0) is 35.3 Å². The Morgan fingerprint density at radius 3 is 2.79 bits per heavy atom. The number of anilines is 1. The molecule has 0 atom stereocenters. The van der Waals surface area contributed by atoms with Crippen molar-refractivity contribution < 1.29 is 14.3 Å². The van der Waals surface area contributed by atoms with Crippen LogP contribution in [0.5, 0.6) is 0 Å².